The number of aromatic nitrogens is 4. The van der Waals surface area contributed by atoms with Crippen LogP contribution in [0.2, 0.25) is 5.02 Å². The predicted molar refractivity (Wildman–Crippen MR) is 110 cm³/mol. The number of anilines is 1. The minimum Gasteiger partial charge on any atom is -0.351 e. The quantitative estimate of drug-likeness (QED) is 0.544. The number of aryl methyl sites for hydroxylation is 1. The van der Waals surface area contributed by atoms with Crippen LogP contribution in [0.25, 0.3) is 11.2 Å². The lowest BCUT2D eigenvalue weighted by molar-refractivity contribution is 0.806. The fourth-order valence-electron chi connectivity index (χ4n) is 3.11. The number of nitrogens with zero attached hydrogens (tertiary/aromatic N) is 3. The SMILES string of the molecule is Cn1c(=O)[nH]c(=O)c2c1nc(NCc1ccccc1Cl)n2Cc1ccccc1. The minimum atomic E-state index is -0.500. The van der Waals surface area contributed by atoms with Gasteiger partial charge in [-0.15, -0.1) is 0 Å². The Morgan fingerprint density at radius 1 is 1.07 bits per heavy atom. The van der Waals surface area contributed by atoms with Gasteiger partial charge in [0, 0.05) is 18.6 Å². The first kappa shape index (κ1) is 18.1. The number of benzene rings is 2. The van der Waals surface area contributed by atoms with Crippen molar-refractivity contribution in [3.8, 4) is 0 Å². The van der Waals surface area contributed by atoms with E-state index in [0.717, 1.165) is 11.1 Å². The first-order valence-electron chi connectivity index (χ1n) is 8.75. The second-order valence-electron chi connectivity index (χ2n) is 6.44. The Morgan fingerprint density at radius 2 is 1.79 bits per heavy atom. The normalized spacial score (nSPS) is 11.1. The Morgan fingerprint density at radius 3 is 2.54 bits per heavy atom. The molecule has 2 N–H and O–H groups in total. The highest BCUT2D eigenvalue weighted by Gasteiger charge is 2.17. The number of rotatable bonds is 5. The number of imidazole rings is 1. The van der Waals surface area contributed by atoms with Gasteiger partial charge >= 0.3 is 5.69 Å². The highest BCUT2D eigenvalue weighted by Crippen LogP contribution is 2.20. The van der Waals surface area contributed by atoms with Crippen LogP contribution < -0.4 is 16.6 Å². The molecular formula is C20H18ClN5O2. The Kier molecular flexibility index (Phi) is 4.75. The van der Waals surface area contributed by atoms with Gasteiger partial charge in [0.1, 0.15) is 0 Å². The van der Waals surface area contributed by atoms with E-state index < -0.39 is 11.2 Å². The highest BCUT2D eigenvalue weighted by atomic mass is 35.5. The van der Waals surface area contributed by atoms with Gasteiger partial charge in [0.05, 0.1) is 6.54 Å². The van der Waals surface area contributed by atoms with Crippen LogP contribution in [0.5, 0.6) is 0 Å². The van der Waals surface area contributed by atoms with E-state index in [9.17, 15) is 9.59 Å². The second kappa shape index (κ2) is 7.36. The molecule has 0 atom stereocenters. The summed E-state index contributed by atoms with van der Waals surface area (Å²) in [5.74, 6) is 0.491. The molecule has 0 aliphatic heterocycles. The predicted octanol–water partition coefficient (Wildman–Crippen LogP) is 2.74. The molecule has 4 aromatic rings. The topological polar surface area (TPSA) is 84.7 Å². The van der Waals surface area contributed by atoms with Crippen LogP contribution in [-0.2, 0) is 20.1 Å². The summed E-state index contributed by atoms with van der Waals surface area (Å²) in [4.78, 5) is 31.4. The van der Waals surface area contributed by atoms with Crippen molar-refractivity contribution in [2.45, 2.75) is 13.1 Å². The number of fused-ring (bicyclic) bond motifs is 1. The van der Waals surface area contributed by atoms with Crippen molar-refractivity contribution in [1.29, 1.82) is 0 Å². The van der Waals surface area contributed by atoms with Crippen LogP contribution in [0.4, 0.5) is 5.95 Å². The van der Waals surface area contributed by atoms with E-state index in [1.54, 1.807) is 11.6 Å². The maximum atomic E-state index is 12.5. The molecule has 142 valence electrons. The molecule has 0 saturated heterocycles. The molecule has 0 saturated carbocycles. The molecule has 4 rings (SSSR count). The molecule has 0 aliphatic rings. The first-order chi connectivity index (χ1) is 13.5. The molecule has 8 heteroatoms. The van der Waals surface area contributed by atoms with Gasteiger partial charge in [0.15, 0.2) is 11.2 Å². The summed E-state index contributed by atoms with van der Waals surface area (Å²) in [6.45, 7) is 0.868. The zero-order chi connectivity index (χ0) is 19.7. The monoisotopic (exact) mass is 395 g/mol. The van der Waals surface area contributed by atoms with Gasteiger partial charge in [-0.3, -0.25) is 18.9 Å². The molecule has 0 bridgehead atoms. The van der Waals surface area contributed by atoms with Crippen LogP contribution in [-0.4, -0.2) is 19.1 Å². The number of hydrogen-bond donors (Lipinski definition) is 2. The maximum Gasteiger partial charge on any atom is 0.329 e. The molecule has 0 aliphatic carbocycles. The summed E-state index contributed by atoms with van der Waals surface area (Å²) >= 11 is 6.24. The molecule has 0 unspecified atom stereocenters. The van der Waals surface area contributed by atoms with E-state index in [4.69, 9.17) is 11.6 Å². The van der Waals surface area contributed by atoms with Crippen LogP contribution in [0.3, 0.4) is 0 Å². The fraction of sp³-hybridized carbons (Fsp3) is 0.150. The Hall–Kier alpha value is -3.32. The summed E-state index contributed by atoms with van der Waals surface area (Å²) in [6.07, 6.45) is 0. The summed E-state index contributed by atoms with van der Waals surface area (Å²) in [6, 6.07) is 17.3. The molecule has 2 heterocycles. The zero-order valence-electron chi connectivity index (χ0n) is 15.1. The third kappa shape index (κ3) is 3.32. The van der Waals surface area contributed by atoms with Gasteiger partial charge in [-0.25, -0.2) is 4.79 Å². The van der Waals surface area contributed by atoms with Crippen LogP contribution in [0.1, 0.15) is 11.1 Å². The largest absolute Gasteiger partial charge is 0.351 e. The average molecular weight is 396 g/mol. The Labute approximate surface area is 165 Å². The molecular weight excluding hydrogens is 378 g/mol. The van der Waals surface area contributed by atoms with Crippen molar-refractivity contribution < 1.29 is 0 Å². The van der Waals surface area contributed by atoms with Crippen LogP contribution in [0.15, 0.2) is 64.2 Å². The number of hydrogen-bond acceptors (Lipinski definition) is 4. The average Bonchev–Trinajstić information content (AvgIpc) is 3.05. The van der Waals surface area contributed by atoms with Gasteiger partial charge < -0.3 is 5.32 Å². The standard InChI is InChI=1S/C20H18ClN5O2/c1-25-17-16(18(27)24-20(25)28)26(12-13-7-3-2-4-8-13)19(23-17)22-11-14-9-5-6-10-15(14)21/h2-10H,11-12H2,1H3,(H,22,23)(H,24,27,28). The number of nitrogens with one attached hydrogen (secondary N) is 2. The van der Waals surface area contributed by atoms with E-state index in [1.807, 2.05) is 54.6 Å². The van der Waals surface area contributed by atoms with Gasteiger partial charge in [-0.05, 0) is 17.2 Å². The molecule has 28 heavy (non-hydrogen) atoms. The lowest BCUT2D eigenvalue weighted by atomic mass is 10.2. The van der Waals surface area contributed by atoms with Crippen molar-refractivity contribution in [1.82, 2.24) is 19.1 Å². The number of H-pyrrole nitrogens is 1. The fourth-order valence-corrected chi connectivity index (χ4v) is 3.31. The summed E-state index contributed by atoms with van der Waals surface area (Å²) < 4.78 is 3.11. The van der Waals surface area contributed by atoms with Crippen molar-refractivity contribution in [3.63, 3.8) is 0 Å². The van der Waals surface area contributed by atoms with Crippen molar-refractivity contribution in [3.05, 3.63) is 91.6 Å². The van der Waals surface area contributed by atoms with E-state index >= 15 is 0 Å². The van der Waals surface area contributed by atoms with E-state index in [-0.39, 0.29) is 0 Å². The molecule has 2 aromatic heterocycles. The van der Waals surface area contributed by atoms with Crippen molar-refractivity contribution >= 4 is 28.7 Å². The van der Waals surface area contributed by atoms with Crippen LogP contribution >= 0.6 is 11.6 Å². The van der Waals surface area contributed by atoms with Gasteiger partial charge in [-0.1, -0.05) is 60.1 Å². The van der Waals surface area contributed by atoms with E-state index in [2.05, 4.69) is 15.3 Å². The van der Waals surface area contributed by atoms with Gasteiger partial charge in [0.25, 0.3) is 5.56 Å². The summed E-state index contributed by atoms with van der Waals surface area (Å²) in [5.41, 5.74) is 1.62. The van der Waals surface area contributed by atoms with E-state index in [0.29, 0.717) is 35.2 Å². The molecule has 0 amide bonds. The highest BCUT2D eigenvalue weighted by molar-refractivity contribution is 6.31. The molecule has 7 nitrogen and oxygen atoms in total. The van der Waals surface area contributed by atoms with Gasteiger partial charge in [0.2, 0.25) is 5.95 Å². The molecule has 0 spiro atoms. The maximum absolute atomic E-state index is 12.5. The number of aromatic amines is 1. The Balaban J connectivity index is 1.82. The third-order valence-corrected chi connectivity index (χ3v) is 4.95. The smallest absolute Gasteiger partial charge is 0.329 e. The van der Waals surface area contributed by atoms with E-state index in [1.165, 1.54) is 4.57 Å². The lowest BCUT2D eigenvalue weighted by Gasteiger charge is -2.11. The van der Waals surface area contributed by atoms with Gasteiger partial charge in [-0.2, -0.15) is 4.98 Å². The van der Waals surface area contributed by atoms with Crippen LogP contribution in [0, 0.1) is 0 Å². The lowest BCUT2D eigenvalue weighted by Crippen LogP contribution is -2.29. The van der Waals surface area contributed by atoms with Crippen molar-refractivity contribution in [2.24, 2.45) is 7.05 Å². The third-order valence-electron chi connectivity index (χ3n) is 4.59. The summed E-state index contributed by atoms with van der Waals surface area (Å²) in [5, 5.41) is 3.90. The molecule has 0 fully saturated rings. The zero-order valence-corrected chi connectivity index (χ0v) is 15.9. The molecule has 0 radical (unpaired) electrons. The van der Waals surface area contributed by atoms with Crippen molar-refractivity contribution in [2.75, 3.05) is 5.32 Å². The Bertz CT molecular complexity index is 1260. The second-order valence-corrected chi connectivity index (χ2v) is 6.85. The first-order valence-corrected chi connectivity index (χ1v) is 9.13. The number of halogens is 1. The molecule has 2 aromatic carbocycles. The minimum absolute atomic E-state index is 0.325. The summed E-state index contributed by atoms with van der Waals surface area (Å²) in [7, 11) is 1.58.